The highest BCUT2D eigenvalue weighted by atomic mass is 19.2. The molecular formula is C25H27F2NO2. The number of hydrogen-bond acceptors (Lipinski definition) is 2. The van der Waals surface area contributed by atoms with E-state index in [4.69, 9.17) is 4.74 Å². The molecule has 0 saturated heterocycles. The van der Waals surface area contributed by atoms with Gasteiger partial charge in [-0.25, -0.2) is 8.78 Å². The number of phenolic OH excluding ortho intramolecular Hbond substituents is 1. The first-order chi connectivity index (χ1) is 14.2. The van der Waals surface area contributed by atoms with Gasteiger partial charge < -0.3 is 14.4 Å². The summed E-state index contributed by atoms with van der Waals surface area (Å²) in [4.78, 5) is 0. The Morgan fingerprint density at radius 2 is 1.80 bits per heavy atom. The molecule has 1 aliphatic heterocycles. The Kier molecular flexibility index (Phi) is 4.27. The maximum absolute atomic E-state index is 14.2. The highest BCUT2D eigenvalue weighted by molar-refractivity contribution is 5.94. The number of hydrogen-bond donors (Lipinski definition) is 1. The van der Waals surface area contributed by atoms with E-state index in [0.717, 1.165) is 53.9 Å². The molecule has 1 spiro atoms. The van der Waals surface area contributed by atoms with Crippen LogP contribution in [0, 0.1) is 17.6 Å². The highest BCUT2D eigenvalue weighted by Crippen LogP contribution is 2.55. The Morgan fingerprint density at radius 1 is 1.07 bits per heavy atom. The summed E-state index contributed by atoms with van der Waals surface area (Å²) in [5, 5.41) is 11.7. The Hall–Kier alpha value is -2.40. The normalized spacial score (nSPS) is 25.6. The average molecular weight is 411 g/mol. The van der Waals surface area contributed by atoms with E-state index in [1.165, 1.54) is 6.07 Å². The second kappa shape index (κ2) is 6.55. The summed E-state index contributed by atoms with van der Waals surface area (Å²) >= 11 is 0. The number of benzene rings is 2. The van der Waals surface area contributed by atoms with Crippen molar-refractivity contribution in [2.24, 2.45) is 5.92 Å². The third kappa shape index (κ3) is 2.71. The molecule has 0 amide bonds. The summed E-state index contributed by atoms with van der Waals surface area (Å²) in [6.07, 6.45) is 3.90. The summed E-state index contributed by atoms with van der Waals surface area (Å²) in [6.45, 7) is 7.02. The molecule has 5 rings (SSSR count). The van der Waals surface area contributed by atoms with Crippen LogP contribution in [-0.2, 0) is 15.8 Å². The van der Waals surface area contributed by atoms with Crippen molar-refractivity contribution in [2.75, 3.05) is 6.61 Å². The molecule has 1 aromatic heterocycles. The van der Waals surface area contributed by atoms with E-state index in [1.807, 2.05) is 10.6 Å². The molecule has 158 valence electrons. The van der Waals surface area contributed by atoms with Crippen molar-refractivity contribution < 1.29 is 18.6 Å². The van der Waals surface area contributed by atoms with Gasteiger partial charge in [-0.2, -0.15) is 0 Å². The van der Waals surface area contributed by atoms with Gasteiger partial charge in [0.25, 0.3) is 0 Å². The van der Waals surface area contributed by atoms with E-state index in [0.29, 0.717) is 18.2 Å². The van der Waals surface area contributed by atoms with Gasteiger partial charge in [-0.15, -0.1) is 0 Å². The van der Waals surface area contributed by atoms with E-state index in [2.05, 4.69) is 20.8 Å². The summed E-state index contributed by atoms with van der Waals surface area (Å²) in [5.74, 6) is -0.906. The number of rotatable bonds is 1. The minimum absolute atomic E-state index is 0.199. The first-order valence-corrected chi connectivity index (χ1v) is 10.7. The molecule has 2 aliphatic rings. The van der Waals surface area contributed by atoms with Crippen molar-refractivity contribution in [3.05, 3.63) is 59.3 Å². The number of aromatic nitrogens is 1. The van der Waals surface area contributed by atoms with Crippen LogP contribution in [0.3, 0.4) is 0 Å². The average Bonchev–Trinajstić information content (AvgIpc) is 3.08. The van der Waals surface area contributed by atoms with E-state index in [1.54, 1.807) is 18.2 Å². The molecule has 1 saturated carbocycles. The van der Waals surface area contributed by atoms with E-state index in [9.17, 15) is 13.9 Å². The number of aromatic hydroxyl groups is 1. The molecule has 0 radical (unpaired) electrons. The highest BCUT2D eigenvalue weighted by Gasteiger charge is 2.49. The Balaban J connectivity index is 1.89. The number of nitrogens with zero attached hydrogens (tertiary/aromatic N) is 1. The zero-order valence-electron chi connectivity index (χ0n) is 17.6. The Labute approximate surface area is 175 Å². The van der Waals surface area contributed by atoms with Crippen molar-refractivity contribution in [3.63, 3.8) is 0 Å². The van der Waals surface area contributed by atoms with Crippen molar-refractivity contribution in [3.8, 4) is 11.4 Å². The maximum atomic E-state index is 14.2. The Morgan fingerprint density at radius 3 is 2.50 bits per heavy atom. The van der Waals surface area contributed by atoms with Crippen LogP contribution in [-0.4, -0.2) is 16.3 Å². The van der Waals surface area contributed by atoms with Crippen molar-refractivity contribution in [1.29, 1.82) is 0 Å². The van der Waals surface area contributed by atoms with Crippen molar-refractivity contribution in [2.45, 2.75) is 57.5 Å². The Bertz CT molecular complexity index is 1140. The number of halogens is 2. The molecule has 1 N–H and O–H groups in total. The summed E-state index contributed by atoms with van der Waals surface area (Å²) in [7, 11) is 0. The molecule has 0 unspecified atom stereocenters. The fourth-order valence-corrected chi connectivity index (χ4v) is 5.38. The van der Waals surface area contributed by atoms with Gasteiger partial charge >= 0.3 is 0 Å². The molecule has 0 atom stereocenters. The molecule has 0 bridgehead atoms. The van der Waals surface area contributed by atoms with Gasteiger partial charge in [-0.05, 0) is 55.9 Å². The predicted molar refractivity (Wildman–Crippen MR) is 113 cm³/mol. The molecule has 1 aliphatic carbocycles. The van der Waals surface area contributed by atoms with Crippen LogP contribution in [0.15, 0.2) is 36.4 Å². The zero-order chi connectivity index (χ0) is 21.3. The maximum Gasteiger partial charge on any atom is 0.160 e. The van der Waals surface area contributed by atoms with Gasteiger partial charge in [0.05, 0.1) is 17.7 Å². The third-order valence-corrected chi connectivity index (χ3v) is 7.02. The lowest BCUT2D eigenvalue weighted by molar-refractivity contribution is -0.111. The molecular weight excluding hydrogens is 384 g/mol. The number of phenols is 1. The fourth-order valence-electron chi connectivity index (χ4n) is 5.38. The molecule has 1 fully saturated rings. The quantitative estimate of drug-likeness (QED) is 0.508. The van der Waals surface area contributed by atoms with Crippen LogP contribution in [0.2, 0.25) is 0 Å². The molecule has 5 heteroatoms. The summed E-state index contributed by atoms with van der Waals surface area (Å²) < 4.78 is 36.5. The van der Waals surface area contributed by atoms with Gasteiger partial charge in [0.2, 0.25) is 0 Å². The van der Waals surface area contributed by atoms with Crippen LogP contribution >= 0.6 is 0 Å². The van der Waals surface area contributed by atoms with Gasteiger partial charge in [-0.1, -0.05) is 26.8 Å². The second-order valence-corrected chi connectivity index (χ2v) is 9.68. The van der Waals surface area contributed by atoms with Crippen LogP contribution in [0.4, 0.5) is 8.78 Å². The van der Waals surface area contributed by atoms with Gasteiger partial charge in [-0.3, -0.25) is 0 Å². The lowest BCUT2D eigenvalue weighted by Gasteiger charge is -2.47. The van der Waals surface area contributed by atoms with Gasteiger partial charge in [0, 0.05) is 33.8 Å². The van der Waals surface area contributed by atoms with Crippen LogP contribution in [0.1, 0.15) is 57.7 Å². The topological polar surface area (TPSA) is 34.4 Å². The van der Waals surface area contributed by atoms with E-state index >= 15 is 0 Å². The molecule has 3 nitrogen and oxygen atoms in total. The third-order valence-electron chi connectivity index (χ3n) is 7.02. The first kappa shape index (κ1) is 19.6. The number of fused-ring (bicyclic) bond motifs is 4. The molecule has 2 heterocycles. The minimum atomic E-state index is -0.880. The smallest absolute Gasteiger partial charge is 0.160 e. The van der Waals surface area contributed by atoms with E-state index in [-0.39, 0.29) is 11.2 Å². The van der Waals surface area contributed by atoms with E-state index < -0.39 is 17.2 Å². The number of ether oxygens (including phenoxy) is 1. The van der Waals surface area contributed by atoms with Crippen molar-refractivity contribution >= 4 is 10.9 Å². The molecule has 30 heavy (non-hydrogen) atoms. The SMILES string of the molecule is CC1CCC2(CC1)OCC(C)(C)c1c2c2c(O)cccc2n1-c1ccc(F)c(F)c1. The standard InChI is InChI=1S/C25H27F2NO2/c1-15-9-11-25(12-10-15)22-21-19(5-4-6-20(21)29)28(23(22)24(2,3)14-30-25)16-7-8-17(26)18(27)13-16/h4-8,13,15,29H,9-12,14H2,1-3H3. The molecule has 3 aromatic rings. The van der Waals surface area contributed by atoms with Crippen LogP contribution in [0.25, 0.3) is 16.6 Å². The van der Waals surface area contributed by atoms with Gasteiger partial charge in [0.15, 0.2) is 11.6 Å². The molecule has 2 aromatic carbocycles. The fraction of sp³-hybridized carbons (Fsp3) is 0.440. The second-order valence-electron chi connectivity index (χ2n) is 9.68. The largest absolute Gasteiger partial charge is 0.507 e. The van der Waals surface area contributed by atoms with Crippen molar-refractivity contribution in [1.82, 2.24) is 4.57 Å². The van der Waals surface area contributed by atoms with Crippen LogP contribution < -0.4 is 0 Å². The monoisotopic (exact) mass is 411 g/mol. The summed E-state index contributed by atoms with van der Waals surface area (Å²) in [5.41, 5.74) is 2.56. The zero-order valence-corrected chi connectivity index (χ0v) is 17.6. The first-order valence-electron chi connectivity index (χ1n) is 10.7. The minimum Gasteiger partial charge on any atom is -0.507 e. The lowest BCUT2D eigenvalue weighted by Crippen LogP contribution is -2.45. The lowest BCUT2D eigenvalue weighted by atomic mass is 9.70. The van der Waals surface area contributed by atoms with Gasteiger partial charge in [0.1, 0.15) is 5.75 Å². The predicted octanol–water partition coefficient (Wildman–Crippen LogP) is 6.33. The van der Waals surface area contributed by atoms with Crippen LogP contribution in [0.5, 0.6) is 5.75 Å². The summed E-state index contributed by atoms with van der Waals surface area (Å²) in [6, 6.07) is 9.42.